The van der Waals surface area contributed by atoms with Crippen molar-refractivity contribution in [1.82, 2.24) is 0 Å². The van der Waals surface area contributed by atoms with Crippen molar-refractivity contribution in [2.24, 2.45) is 9.98 Å². The summed E-state index contributed by atoms with van der Waals surface area (Å²) in [5.41, 5.74) is 1.46. The van der Waals surface area contributed by atoms with Gasteiger partial charge in [-0.3, -0.25) is 14.9 Å². The molecule has 0 saturated carbocycles. The van der Waals surface area contributed by atoms with Crippen LogP contribution in [-0.4, -0.2) is 40.1 Å². The van der Waals surface area contributed by atoms with Gasteiger partial charge >= 0.3 is 5.97 Å². The van der Waals surface area contributed by atoms with Crippen molar-refractivity contribution in [3.05, 3.63) is 86.2 Å². The second-order valence-electron chi connectivity index (χ2n) is 6.69. The summed E-state index contributed by atoms with van der Waals surface area (Å²) in [5, 5.41) is 21.1. The number of aliphatic imine (C=N–C) groups is 2. The summed E-state index contributed by atoms with van der Waals surface area (Å²) >= 11 is 0. The zero-order chi connectivity index (χ0) is 22.7. The third-order valence-electron chi connectivity index (χ3n) is 4.57. The third-order valence-corrected chi connectivity index (χ3v) is 4.57. The van der Waals surface area contributed by atoms with Crippen LogP contribution >= 0.6 is 0 Å². The highest BCUT2D eigenvalue weighted by atomic mass is 16.6. The number of nitrogens with zero attached hydrogens (tertiary/aromatic N) is 3. The zero-order valence-electron chi connectivity index (χ0n) is 17.1. The van der Waals surface area contributed by atoms with Gasteiger partial charge < -0.3 is 9.84 Å². The van der Waals surface area contributed by atoms with Gasteiger partial charge in [0, 0.05) is 28.3 Å². The molecule has 1 aliphatic rings. The van der Waals surface area contributed by atoms with Crippen molar-refractivity contribution in [3.8, 4) is 0 Å². The van der Waals surface area contributed by atoms with Crippen molar-refractivity contribution in [2.45, 2.75) is 20.8 Å². The lowest BCUT2D eigenvalue weighted by Crippen LogP contribution is -2.18. The Morgan fingerprint density at radius 3 is 2.45 bits per heavy atom. The summed E-state index contributed by atoms with van der Waals surface area (Å²) < 4.78 is 5.02. The maximum atomic E-state index is 12.7. The van der Waals surface area contributed by atoms with E-state index in [9.17, 15) is 24.8 Å². The smallest absolute Gasteiger partial charge is 0.343 e. The minimum Gasteiger partial charge on any atom is -0.512 e. The maximum Gasteiger partial charge on any atom is 0.343 e. The molecule has 0 fully saturated rings. The minimum atomic E-state index is -0.741. The van der Waals surface area contributed by atoms with Gasteiger partial charge in [0.25, 0.3) is 11.6 Å². The highest BCUT2D eigenvalue weighted by molar-refractivity contribution is 6.36. The molecule has 0 bridgehead atoms. The number of aliphatic hydroxyl groups excluding tert-OH is 1. The highest BCUT2D eigenvalue weighted by Gasteiger charge is 2.30. The largest absolute Gasteiger partial charge is 0.512 e. The standard InChI is InChI=1S/C22H19N3O6/c1-4-31-22(28)18(13(3)26)19-15-7-5-6-8-16(15)20(23-19)24-21(27)14-9-10-17(25(29)30)12(2)11-14/h5-11,26H,4H2,1-3H3/b18-13-,24-20?. The molecule has 0 radical (unpaired) electrons. The summed E-state index contributed by atoms with van der Waals surface area (Å²) in [5.74, 6) is -1.59. The molecule has 0 saturated heterocycles. The van der Waals surface area contributed by atoms with Crippen LogP contribution in [0.2, 0.25) is 0 Å². The molecule has 3 rings (SSSR count). The lowest BCUT2D eigenvalue weighted by molar-refractivity contribution is -0.385. The Hall–Kier alpha value is -4.14. The Labute approximate surface area is 177 Å². The fourth-order valence-electron chi connectivity index (χ4n) is 3.16. The number of amides is 1. The van der Waals surface area contributed by atoms with E-state index in [1.165, 1.54) is 32.0 Å². The Balaban J connectivity index is 2.07. The fraction of sp³-hybridized carbons (Fsp3) is 0.182. The normalized spacial score (nSPS) is 14.5. The Morgan fingerprint density at radius 1 is 1.19 bits per heavy atom. The molecule has 158 valence electrons. The molecule has 1 amide bonds. The first-order chi connectivity index (χ1) is 14.7. The predicted molar refractivity (Wildman–Crippen MR) is 114 cm³/mol. The van der Waals surface area contributed by atoms with E-state index in [4.69, 9.17) is 4.74 Å². The first-order valence-corrected chi connectivity index (χ1v) is 9.38. The van der Waals surface area contributed by atoms with Gasteiger partial charge in [0.05, 0.1) is 17.2 Å². The van der Waals surface area contributed by atoms with Crippen LogP contribution in [0.25, 0.3) is 0 Å². The average molecular weight is 421 g/mol. The number of nitro groups is 1. The van der Waals surface area contributed by atoms with Gasteiger partial charge in [0.2, 0.25) is 0 Å². The molecule has 31 heavy (non-hydrogen) atoms. The van der Waals surface area contributed by atoms with Crippen molar-refractivity contribution in [2.75, 3.05) is 6.61 Å². The number of esters is 1. The molecule has 0 unspecified atom stereocenters. The number of carbonyl (C=O) groups excluding carboxylic acids is 2. The first-order valence-electron chi connectivity index (χ1n) is 9.38. The summed E-state index contributed by atoms with van der Waals surface area (Å²) in [4.78, 5) is 43.9. The molecular formula is C22H19N3O6. The van der Waals surface area contributed by atoms with Gasteiger partial charge in [-0.15, -0.1) is 0 Å². The number of aryl methyl sites for hydroxylation is 1. The van der Waals surface area contributed by atoms with Gasteiger partial charge in [-0.05, 0) is 32.9 Å². The van der Waals surface area contributed by atoms with E-state index < -0.39 is 16.8 Å². The number of benzene rings is 2. The van der Waals surface area contributed by atoms with Gasteiger partial charge in [0.15, 0.2) is 5.84 Å². The van der Waals surface area contributed by atoms with Crippen molar-refractivity contribution < 1.29 is 24.4 Å². The third kappa shape index (κ3) is 4.25. The van der Waals surface area contributed by atoms with Crippen LogP contribution < -0.4 is 0 Å². The Kier molecular flexibility index (Phi) is 6.05. The van der Waals surface area contributed by atoms with Crippen LogP contribution in [0.1, 0.15) is 40.9 Å². The van der Waals surface area contributed by atoms with Crippen LogP contribution in [-0.2, 0) is 9.53 Å². The van der Waals surface area contributed by atoms with Crippen LogP contribution in [0, 0.1) is 17.0 Å². The van der Waals surface area contributed by atoms with Gasteiger partial charge in [-0.1, -0.05) is 24.3 Å². The van der Waals surface area contributed by atoms with E-state index in [-0.39, 0.29) is 40.7 Å². The summed E-state index contributed by atoms with van der Waals surface area (Å²) in [6.45, 7) is 4.63. The topological polar surface area (TPSA) is 131 Å². The second-order valence-corrected chi connectivity index (χ2v) is 6.69. The molecule has 1 heterocycles. The van der Waals surface area contributed by atoms with E-state index in [0.29, 0.717) is 16.7 Å². The molecule has 0 aromatic heterocycles. The van der Waals surface area contributed by atoms with Crippen LogP contribution in [0.15, 0.2) is 63.8 Å². The fourth-order valence-corrected chi connectivity index (χ4v) is 3.16. The molecule has 0 atom stereocenters. The van der Waals surface area contributed by atoms with E-state index in [0.717, 1.165) is 0 Å². The first kappa shape index (κ1) is 21.6. The summed E-state index contributed by atoms with van der Waals surface area (Å²) in [6.07, 6.45) is 0. The zero-order valence-corrected chi connectivity index (χ0v) is 17.1. The Bertz CT molecular complexity index is 1190. The molecule has 9 heteroatoms. The molecule has 2 aromatic carbocycles. The number of aliphatic hydroxyl groups is 1. The number of fused-ring (bicyclic) bond motifs is 1. The highest BCUT2D eigenvalue weighted by Crippen LogP contribution is 2.26. The van der Waals surface area contributed by atoms with Crippen LogP contribution in [0.3, 0.4) is 0 Å². The SMILES string of the molecule is CCOC(=O)/C(C1=NC(=NC(=O)c2ccc([N+](=O)[O-])c(C)c2)c2ccccc21)=C(/C)O. The summed E-state index contributed by atoms with van der Waals surface area (Å²) in [6, 6.07) is 10.8. The number of ether oxygens (including phenoxy) is 1. The van der Waals surface area contributed by atoms with E-state index >= 15 is 0 Å². The molecule has 1 aliphatic heterocycles. The number of hydrogen-bond donors (Lipinski definition) is 1. The molecule has 2 aromatic rings. The number of amidine groups is 1. The number of allylic oxidation sites excluding steroid dienone is 1. The van der Waals surface area contributed by atoms with Crippen LogP contribution in [0.5, 0.6) is 0 Å². The second kappa shape index (κ2) is 8.70. The lowest BCUT2D eigenvalue weighted by atomic mass is 9.99. The lowest BCUT2D eigenvalue weighted by Gasteiger charge is -2.08. The minimum absolute atomic E-state index is 0.0645. The molecular weight excluding hydrogens is 402 g/mol. The molecule has 0 spiro atoms. The van der Waals surface area contributed by atoms with Crippen molar-refractivity contribution >= 4 is 29.1 Å². The van der Waals surface area contributed by atoms with Gasteiger partial charge in [-0.2, -0.15) is 4.99 Å². The van der Waals surface area contributed by atoms with Gasteiger partial charge in [0.1, 0.15) is 11.3 Å². The molecule has 1 N–H and O–H groups in total. The maximum absolute atomic E-state index is 12.7. The number of carbonyl (C=O) groups is 2. The predicted octanol–water partition coefficient (Wildman–Crippen LogP) is 3.69. The van der Waals surface area contributed by atoms with Crippen molar-refractivity contribution in [3.63, 3.8) is 0 Å². The van der Waals surface area contributed by atoms with Gasteiger partial charge in [-0.25, -0.2) is 9.79 Å². The monoisotopic (exact) mass is 421 g/mol. The summed E-state index contributed by atoms with van der Waals surface area (Å²) in [7, 11) is 0. The van der Waals surface area contributed by atoms with E-state index in [1.807, 2.05) is 0 Å². The number of rotatable bonds is 5. The van der Waals surface area contributed by atoms with Crippen LogP contribution in [0.4, 0.5) is 5.69 Å². The number of nitro benzene ring substituents is 1. The number of hydrogen-bond acceptors (Lipinski definition) is 6. The Morgan fingerprint density at radius 2 is 1.87 bits per heavy atom. The average Bonchev–Trinajstić information content (AvgIpc) is 3.06. The van der Waals surface area contributed by atoms with E-state index in [1.54, 1.807) is 31.2 Å². The molecule has 0 aliphatic carbocycles. The van der Waals surface area contributed by atoms with Crippen molar-refractivity contribution in [1.29, 1.82) is 0 Å². The quantitative estimate of drug-likeness (QED) is 0.257. The molecule has 9 nitrogen and oxygen atoms in total. The van der Waals surface area contributed by atoms with E-state index in [2.05, 4.69) is 9.98 Å².